The summed E-state index contributed by atoms with van der Waals surface area (Å²) in [4.78, 5) is 4.45. The Morgan fingerprint density at radius 1 is 1.33 bits per heavy atom. The lowest BCUT2D eigenvalue weighted by Gasteiger charge is -2.18. The highest BCUT2D eigenvalue weighted by Crippen LogP contribution is 2.32. The molecule has 0 amide bonds. The molecule has 0 fully saturated rings. The standard InChI is InChI=1S/C21H18ClF2N5O/c1-12-15-9-13-5-6-14(22)10-17(13)30-8-4-2-3-7-26-20(15)29-21(27-12)16(11-25)18(28-29)19(23)24/h2,4-6,10,19,26H,3,7-9H2,1H3/b4-2-. The first-order valence-electron chi connectivity index (χ1n) is 9.40. The van der Waals surface area contributed by atoms with E-state index in [1.165, 1.54) is 4.52 Å². The number of fused-ring (bicyclic) bond motifs is 4. The van der Waals surface area contributed by atoms with Gasteiger partial charge in [0.15, 0.2) is 5.65 Å². The molecular formula is C21H18ClF2N5O. The molecule has 0 radical (unpaired) electrons. The van der Waals surface area contributed by atoms with E-state index in [1.54, 1.807) is 19.1 Å². The van der Waals surface area contributed by atoms with Crippen LogP contribution in [0.4, 0.5) is 14.6 Å². The average Bonchev–Trinajstić information content (AvgIpc) is 3.07. The van der Waals surface area contributed by atoms with Crippen LogP contribution in [0.2, 0.25) is 5.02 Å². The quantitative estimate of drug-likeness (QED) is 0.560. The lowest BCUT2D eigenvalue weighted by Crippen LogP contribution is -2.13. The molecule has 9 heteroatoms. The van der Waals surface area contributed by atoms with Gasteiger partial charge in [0.1, 0.15) is 35.5 Å². The fourth-order valence-electron chi connectivity index (χ4n) is 3.46. The van der Waals surface area contributed by atoms with Crippen molar-refractivity contribution in [3.8, 4) is 11.8 Å². The number of nitrogens with one attached hydrogen (secondary N) is 1. The first-order chi connectivity index (χ1) is 14.5. The van der Waals surface area contributed by atoms with E-state index < -0.39 is 12.1 Å². The number of aryl methyl sites for hydroxylation is 1. The van der Waals surface area contributed by atoms with Gasteiger partial charge in [-0.15, -0.1) is 0 Å². The molecule has 4 rings (SSSR count). The molecule has 3 heterocycles. The van der Waals surface area contributed by atoms with Crippen molar-refractivity contribution in [2.75, 3.05) is 18.5 Å². The fraction of sp³-hybridized carbons (Fsp3) is 0.286. The molecule has 6 nitrogen and oxygen atoms in total. The van der Waals surface area contributed by atoms with E-state index in [0.717, 1.165) is 11.1 Å². The molecule has 3 aromatic rings. The summed E-state index contributed by atoms with van der Waals surface area (Å²) in [6, 6.07) is 7.22. The maximum Gasteiger partial charge on any atom is 0.283 e. The number of rotatable bonds is 1. The monoisotopic (exact) mass is 429 g/mol. The van der Waals surface area contributed by atoms with Gasteiger partial charge >= 0.3 is 0 Å². The van der Waals surface area contributed by atoms with E-state index in [-0.39, 0.29) is 11.2 Å². The van der Waals surface area contributed by atoms with Gasteiger partial charge in [0.05, 0.1) is 0 Å². The zero-order valence-corrected chi connectivity index (χ0v) is 16.9. The van der Waals surface area contributed by atoms with Crippen molar-refractivity contribution in [1.82, 2.24) is 14.6 Å². The van der Waals surface area contributed by atoms with E-state index in [2.05, 4.69) is 15.4 Å². The number of anilines is 1. The van der Waals surface area contributed by atoms with Crippen molar-refractivity contribution in [3.05, 3.63) is 63.5 Å². The number of nitriles is 1. The molecule has 0 saturated carbocycles. The third-order valence-electron chi connectivity index (χ3n) is 4.92. The lowest BCUT2D eigenvalue weighted by molar-refractivity contribution is 0.145. The molecule has 1 aliphatic rings. The van der Waals surface area contributed by atoms with Gasteiger partial charge in [0, 0.05) is 29.2 Å². The minimum atomic E-state index is -2.87. The SMILES string of the molecule is Cc1nc2c(C#N)c(C(F)F)nn2c2c1Cc1ccc(Cl)cc1OC/C=C\CCN2. The Hall–Kier alpha value is -3.18. The minimum Gasteiger partial charge on any atom is -0.489 e. The van der Waals surface area contributed by atoms with Gasteiger partial charge in [-0.2, -0.15) is 14.9 Å². The maximum atomic E-state index is 13.5. The van der Waals surface area contributed by atoms with Crippen molar-refractivity contribution in [3.63, 3.8) is 0 Å². The Morgan fingerprint density at radius 3 is 2.93 bits per heavy atom. The first-order valence-corrected chi connectivity index (χ1v) is 9.78. The zero-order chi connectivity index (χ0) is 21.3. The molecule has 0 atom stereocenters. The van der Waals surface area contributed by atoms with Crippen LogP contribution in [0.15, 0.2) is 30.4 Å². The molecule has 30 heavy (non-hydrogen) atoms. The Bertz CT molecular complexity index is 1180. The molecule has 0 aliphatic carbocycles. The Morgan fingerprint density at radius 2 is 2.17 bits per heavy atom. The highest BCUT2D eigenvalue weighted by molar-refractivity contribution is 6.30. The molecule has 1 aliphatic heterocycles. The van der Waals surface area contributed by atoms with Crippen molar-refractivity contribution in [2.45, 2.75) is 26.2 Å². The summed E-state index contributed by atoms with van der Waals surface area (Å²) in [5, 5.41) is 17.3. The van der Waals surface area contributed by atoms with E-state index in [0.29, 0.717) is 48.3 Å². The molecule has 0 unspecified atom stereocenters. The summed E-state index contributed by atoms with van der Waals surface area (Å²) < 4.78 is 34.1. The number of alkyl halides is 2. The van der Waals surface area contributed by atoms with Gasteiger partial charge in [0.2, 0.25) is 0 Å². The number of nitrogens with zero attached hydrogens (tertiary/aromatic N) is 4. The van der Waals surface area contributed by atoms with E-state index in [1.807, 2.05) is 24.3 Å². The Labute approximate surface area is 176 Å². The molecule has 154 valence electrons. The molecule has 0 saturated heterocycles. The van der Waals surface area contributed by atoms with Crippen molar-refractivity contribution in [2.24, 2.45) is 0 Å². The molecule has 0 spiro atoms. The van der Waals surface area contributed by atoms with Crippen LogP contribution in [0.3, 0.4) is 0 Å². The van der Waals surface area contributed by atoms with Crippen molar-refractivity contribution >= 4 is 23.1 Å². The molecule has 0 bridgehead atoms. The van der Waals surface area contributed by atoms with E-state index >= 15 is 0 Å². The predicted octanol–water partition coefficient (Wildman–Crippen LogP) is 4.84. The third kappa shape index (κ3) is 3.68. The summed E-state index contributed by atoms with van der Waals surface area (Å²) in [6.45, 7) is 2.76. The Balaban J connectivity index is 1.94. The summed E-state index contributed by atoms with van der Waals surface area (Å²) in [5.74, 6) is 1.18. The number of ether oxygens (including phenoxy) is 1. The third-order valence-corrected chi connectivity index (χ3v) is 5.15. The first kappa shape index (κ1) is 20.1. The number of hydrogen-bond acceptors (Lipinski definition) is 5. The summed E-state index contributed by atoms with van der Waals surface area (Å²) in [6.07, 6.45) is 2.14. The number of aromatic nitrogens is 3. The lowest BCUT2D eigenvalue weighted by atomic mass is 10.0. The second kappa shape index (κ2) is 8.28. The molecule has 2 aromatic heterocycles. The van der Waals surface area contributed by atoms with Gasteiger partial charge in [0.25, 0.3) is 6.43 Å². The molecule has 1 N–H and O–H groups in total. The Kier molecular flexibility index (Phi) is 5.55. The van der Waals surface area contributed by atoms with Crippen LogP contribution in [-0.2, 0) is 6.42 Å². The smallest absolute Gasteiger partial charge is 0.283 e. The number of hydrogen-bond donors (Lipinski definition) is 1. The summed E-state index contributed by atoms with van der Waals surface area (Å²) >= 11 is 6.14. The summed E-state index contributed by atoms with van der Waals surface area (Å²) in [7, 11) is 0. The van der Waals surface area contributed by atoms with E-state index in [4.69, 9.17) is 16.3 Å². The van der Waals surface area contributed by atoms with Crippen LogP contribution < -0.4 is 10.1 Å². The van der Waals surface area contributed by atoms with Crippen LogP contribution in [0.5, 0.6) is 5.75 Å². The maximum absolute atomic E-state index is 13.5. The minimum absolute atomic E-state index is 0.117. The van der Waals surface area contributed by atoms with Gasteiger partial charge in [-0.1, -0.05) is 29.8 Å². The second-order valence-electron chi connectivity index (χ2n) is 6.86. The van der Waals surface area contributed by atoms with Crippen LogP contribution >= 0.6 is 11.6 Å². The topological polar surface area (TPSA) is 75.2 Å². The van der Waals surface area contributed by atoms with Gasteiger partial charge in [-0.3, -0.25) is 0 Å². The fourth-order valence-corrected chi connectivity index (χ4v) is 3.62. The number of benzene rings is 1. The van der Waals surface area contributed by atoms with Gasteiger partial charge < -0.3 is 10.1 Å². The summed E-state index contributed by atoms with van der Waals surface area (Å²) in [5.41, 5.74) is 1.62. The normalized spacial score (nSPS) is 15.2. The molecular weight excluding hydrogens is 412 g/mol. The van der Waals surface area contributed by atoms with Crippen molar-refractivity contribution in [1.29, 1.82) is 5.26 Å². The second-order valence-corrected chi connectivity index (χ2v) is 7.30. The highest BCUT2D eigenvalue weighted by Gasteiger charge is 2.25. The van der Waals surface area contributed by atoms with Crippen LogP contribution in [0.25, 0.3) is 5.65 Å². The van der Waals surface area contributed by atoms with Crippen LogP contribution in [0, 0.1) is 18.3 Å². The largest absolute Gasteiger partial charge is 0.489 e. The zero-order valence-electron chi connectivity index (χ0n) is 16.1. The molecule has 1 aromatic carbocycles. The highest BCUT2D eigenvalue weighted by atomic mass is 35.5. The van der Waals surface area contributed by atoms with Crippen LogP contribution in [0.1, 0.15) is 40.9 Å². The van der Waals surface area contributed by atoms with Gasteiger partial charge in [-0.25, -0.2) is 13.8 Å². The van der Waals surface area contributed by atoms with E-state index in [9.17, 15) is 14.0 Å². The average molecular weight is 430 g/mol. The van der Waals surface area contributed by atoms with Gasteiger partial charge in [-0.05, 0) is 31.0 Å². The van der Waals surface area contributed by atoms with Crippen LogP contribution in [-0.4, -0.2) is 27.7 Å². The number of halogens is 3. The predicted molar refractivity (Wildman–Crippen MR) is 109 cm³/mol. The van der Waals surface area contributed by atoms with Crippen molar-refractivity contribution < 1.29 is 13.5 Å².